The van der Waals surface area contributed by atoms with Crippen LogP contribution in [-0.4, -0.2) is 44.4 Å². The van der Waals surface area contributed by atoms with Crippen molar-refractivity contribution in [2.75, 3.05) is 33.4 Å². The zero-order valence-corrected chi connectivity index (χ0v) is 11.3. The van der Waals surface area contributed by atoms with Gasteiger partial charge in [0, 0.05) is 24.7 Å². The average Bonchev–Trinajstić information content (AvgIpc) is 2.37. The average molecular weight is 271 g/mol. The van der Waals surface area contributed by atoms with Crippen molar-refractivity contribution in [3.63, 3.8) is 0 Å². The summed E-state index contributed by atoms with van der Waals surface area (Å²) in [6.07, 6.45) is 0.122. The molecule has 1 aliphatic heterocycles. The summed E-state index contributed by atoms with van der Waals surface area (Å²) in [4.78, 5) is 2.24. The summed E-state index contributed by atoms with van der Waals surface area (Å²) in [7, 11) is 2.09. The van der Waals surface area contributed by atoms with Gasteiger partial charge < -0.3 is 20.1 Å². The fourth-order valence-electron chi connectivity index (χ4n) is 1.94. The Morgan fingerprint density at radius 1 is 1.56 bits per heavy atom. The van der Waals surface area contributed by atoms with Gasteiger partial charge in [0.1, 0.15) is 18.5 Å². The van der Waals surface area contributed by atoms with Gasteiger partial charge in [0.2, 0.25) is 0 Å². The van der Waals surface area contributed by atoms with Gasteiger partial charge in [-0.3, -0.25) is 0 Å². The van der Waals surface area contributed by atoms with E-state index in [9.17, 15) is 0 Å². The molecule has 0 amide bonds. The maximum absolute atomic E-state index is 6.07. The van der Waals surface area contributed by atoms with Crippen molar-refractivity contribution in [3.8, 4) is 5.75 Å². The number of hydrogen-bond acceptors (Lipinski definition) is 4. The summed E-state index contributed by atoms with van der Waals surface area (Å²) in [5, 5.41) is 0.650. The minimum absolute atomic E-state index is 0.122. The number of halogens is 1. The molecule has 0 bridgehead atoms. The van der Waals surface area contributed by atoms with Crippen molar-refractivity contribution in [2.45, 2.75) is 12.6 Å². The number of ether oxygens (including phenoxy) is 2. The Morgan fingerprint density at radius 3 is 3.06 bits per heavy atom. The van der Waals surface area contributed by atoms with Gasteiger partial charge >= 0.3 is 0 Å². The van der Waals surface area contributed by atoms with E-state index in [-0.39, 0.29) is 6.10 Å². The van der Waals surface area contributed by atoms with Crippen LogP contribution in [0.4, 0.5) is 0 Å². The van der Waals surface area contributed by atoms with Crippen LogP contribution in [0.5, 0.6) is 5.75 Å². The third-order valence-electron chi connectivity index (χ3n) is 3.02. The quantitative estimate of drug-likeness (QED) is 0.901. The molecule has 1 heterocycles. The van der Waals surface area contributed by atoms with E-state index in [0.29, 0.717) is 18.2 Å². The van der Waals surface area contributed by atoms with Gasteiger partial charge in [0.05, 0.1) is 6.61 Å². The lowest BCUT2D eigenvalue weighted by atomic mass is 10.2. The number of morpholine rings is 1. The van der Waals surface area contributed by atoms with Gasteiger partial charge in [-0.05, 0) is 24.7 Å². The SMILES string of the molecule is CN1CCOC(COc2ccc(CN)c(Cl)c2)C1. The standard InChI is InChI=1S/C13H19ClN2O2/c1-16-4-5-17-12(8-16)9-18-11-3-2-10(7-15)13(14)6-11/h2-3,6,12H,4-5,7-9,15H2,1H3. The molecule has 1 saturated heterocycles. The van der Waals surface area contributed by atoms with Gasteiger partial charge in [-0.2, -0.15) is 0 Å². The van der Waals surface area contributed by atoms with Crippen LogP contribution in [0.25, 0.3) is 0 Å². The number of benzene rings is 1. The fraction of sp³-hybridized carbons (Fsp3) is 0.538. The van der Waals surface area contributed by atoms with Crippen molar-refractivity contribution in [1.82, 2.24) is 4.90 Å². The second-order valence-electron chi connectivity index (χ2n) is 4.52. The van der Waals surface area contributed by atoms with Gasteiger partial charge in [0.25, 0.3) is 0 Å². The molecule has 1 fully saturated rings. The molecule has 2 rings (SSSR count). The van der Waals surface area contributed by atoms with Gasteiger partial charge in [-0.25, -0.2) is 0 Å². The fourth-order valence-corrected chi connectivity index (χ4v) is 2.19. The minimum atomic E-state index is 0.122. The van der Waals surface area contributed by atoms with Crippen LogP contribution in [0.15, 0.2) is 18.2 Å². The molecule has 0 radical (unpaired) electrons. The predicted octanol–water partition coefficient (Wildman–Crippen LogP) is 1.51. The smallest absolute Gasteiger partial charge is 0.120 e. The highest BCUT2D eigenvalue weighted by molar-refractivity contribution is 6.31. The highest BCUT2D eigenvalue weighted by Gasteiger charge is 2.18. The molecule has 100 valence electrons. The number of likely N-dealkylation sites (N-methyl/N-ethyl adjacent to an activating group) is 1. The highest BCUT2D eigenvalue weighted by Crippen LogP contribution is 2.22. The first kappa shape index (κ1) is 13.6. The largest absolute Gasteiger partial charge is 0.491 e. The Labute approximate surface area is 113 Å². The Kier molecular flexibility index (Phi) is 4.83. The normalized spacial score (nSPS) is 20.9. The molecule has 18 heavy (non-hydrogen) atoms. The van der Waals surface area contributed by atoms with Crippen molar-refractivity contribution < 1.29 is 9.47 Å². The van der Waals surface area contributed by atoms with E-state index < -0.39 is 0 Å². The molecule has 1 aromatic rings. The topological polar surface area (TPSA) is 47.7 Å². The van der Waals surface area contributed by atoms with E-state index in [4.69, 9.17) is 26.8 Å². The zero-order chi connectivity index (χ0) is 13.0. The van der Waals surface area contributed by atoms with Gasteiger partial charge in [-0.1, -0.05) is 17.7 Å². The maximum Gasteiger partial charge on any atom is 0.120 e. The second-order valence-corrected chi connectivity index (χ2v) is 4.93. The summed E-state index contributed by atoms with van der Waals surface area (Å²) in [5.41, 5.74) is 6.48. The Bertz CT molecular complexity index is 401. The lowest BCUT2D eigenvalue weighted by Gasteiger charge is -2.29. The highest BCUT2D eigenvalue weighted by atomic mass is 35.5. The van der Waals surface area contributed by atoms with Crippen LogP contribution in [0, 0.1) is 0 Å². The van der Waals surface area contributed by atoms with Crippen LogP contribution in [0.2, 0.25) is 5.02 Å². The molecule has 0 aliphatic carbocycles. The lowest BCUT2D eigenvalue weighted by Crippen LogP contribution is -2.42. The summed E-state index contributed by atoms with van der Waals surface area (Å²) in [6.45, 7) is 3.62. The van der Waals surface area contributed by atoms with Crippen molar-refractivity contribution in [1.29, 1.82) is 0 Å². The first-order valence-electron chi connectivity index (χ1n) is 6.10. The van der Waals surface area contributed by atoms with Gasteiger partial charge in [-0.15, -0.1) is 0 Å². The van der Waals surface area contributed by atoms with E-state index in [0.717, 1.165) is 31.0 Å². The molecule has 5 heteroatoms. The minimum Gasteiger partial charge on any atom is -0.491 e. The van der Waals surface area contributed by atoms with Crippen molar-refractivity contribution in [3.05, 3.63) is 28.8 Å². The summed E-state index contributed by atoms with van der Waals surface area (Å²) < 4.78 is 11.3. The molecule has 1 atom stereocenters. The van der Waals surface area contributed by atoms with Crippen LogP contribution < -0.4 is 10.5 Å². The summed E-state index contributed by atoms with van der Waals surface area (Å²) in [5.74, 6) is 0.758. The number of rotatable bonds is 4. The molecule has 2 N–H and O–H groups in total. The Balaban J connectivity index is 1.88. The second kappa shape index (κ2) is 6.38. The first-order valence-corrected chi connectivity index (χ1v) is 6.48. The first-order chi connectivity index (χ1) is 8.69. The third-order valence-corrected chi connectivity index (χ3v) is 3.37. The maximum atomic E-state index is 6.07. The number of hydrogen-bond donors (Lipinski definition) is 1. The van der Waals surface area contributed by atoms with Crippen LogP contribution in [0.3, 0.4) is 0 Å². The summed E-state index contributed by atoms with van der Waals surface area (Å²) in [6, 6.07) is 5.59. The van der Waals surface area contributed by atoms with E-state index in [1.54, 1.807) is 6.07 Å². The van der Waals surface area contributed by atoms with Crippen molar-refractivity contribution >= 4 is 11.6 Å². The molecule has 1 unspecified atom stereocenters. The third kappa shape index (κ3) is 3.59. The van der Waals surface area contributed by atoms with Crippen molar-refractivity contribution in [2.24, 2.45) is 5.73 Å². The van der Waals surface area contributed by atoms with Crippen LogP contribution >= 0.6 is 11.6 Å². The Hall–Kier alpha value is -0.810. The van der Waals surface area contributed by atoms with E-state index >= 15 is 0 Å². The summed E-state index contributed by atoms with van der Waals surface area (Å²) >= 11 is 6.07. The predicted molar refractivity (Wildman–Crippen MR) is 72.1 cm³/mol. The molecule has 0 spiro atoms. The molecule has 1 aromatic carbocycles. The molecule has 4 nitrogen and oxygen atoms in total. The number of nitrogens with two attached hydrogens (primary N) is 1. The van der Waals surface area contributed by atoms with Gasteiger partial charge in [0.15, 0.2) is 0 Å². The van der Waals surface area contributed by atoms with E-state index in [1.807, 2.05) is 12.1 Å². The number of nitrogens with zero attached hydrogens (tertiary/aromatic N) is 1. The van der Waals surface area contributed by atoms with E-state index in [2.05, 4.69) is 11.9 Å². The monoisotopic (exact) mass is 270 g/mol. The lowest BCUT2D eigenvalue weighted by molar-refractivity contribution is -0.0403. The van der Waals surface area contributed by atoms with Crippen LogP contribution in [0.1, 0.15) is 5.56 Å². The zero-order valence-electron chi connectivity index (χ0n) is 10.6. The molecule has 0 aromatic heterocycles. The van der Waals surface area contributed by atoms with Crippen LogP contribution in [-0.2, 0) is 11.3 Å². The molecule has 0 saturated carbocycles. The molecular weight excluding hydrogens is 252 g/mol. The molecule has 1 aliphatic rings. The Morgan fingerprint density at radius 2 is 2.39 bits per heavy atom. The van der Waals surface area contributed by atoms with E-state index in [1.165, 1.54) is 0 Å². The molecular formula is C13H19ClN2O2.